The molecule has 0 bridgehead atoms. The second kappa shape index (κ2) is 7.25. The predicted octanol–water partition coefficient (Wildman–Crippen LogP) is 1.49. The minimum atomic E-state index is 0.939. The van der Waals surface area contributed by atoms with Gasteiger partial charge >= 0.3 is 0 Å². The Bertz CT molecular complexity index is 155. The summed E-state index contributed by atoms with van der Waals surface area (Å²) >= 11 is 0. The molecular formula is C13H26N2O. The molecule has 2 rings (SSSR count). The van der Waals surface area contributed by atoms with E-state index in [1.807, 2.05) is 0 Å². The maximum absolute atomic E-state index is 5.35. The van der Waals surface area contributed by atoms with Gasteiger partial charge in [0.1, 0.15) is 0 Å². The third kappa shape index (κ3) is 4.40. The normalized spacial score (nSPS) is 24.8. The van der Waals surface area contributed by atoms with Crippen LogP contribution in [0.4, 0.5) is 0 Å². The second-order valence-electron chi connectivity index (χ2n) is 5.14. The molecule has 1 N–H and O–H groups in total. The van der Waals surface area contributed by atoms with Gasteiger partial charge in [0.05, 0.1) is 13.2 Å². The molecular weight excluding hydrogens is 200 g/mol. The fourth-order valence-corrected chi connectivity index (χ4v) is 2.76. The smallest absolute Gasteiger partial charge is 0.0594 e. The third-order valence-corrected chi connectivity index (χ3v) is 3.90. The molecule has 2 heterocycles. The van der Waals surface area contributed by atoms with E-state index in [1.54, 1.807) is 0 Å². The average Bonchev–Trinajstić information content (AvgIpc) is 2.37. The molecule has 2 aliphatic heterocycles. The van der Waals surface area contributed by atoms with Gasteiger partial charge in [-0.2, -0.15) is 0 Å². The van der Waals surface area contributed by atoms with Crippen molar-refractivity contribution in [2.75, 3.05) is 45.9 Å². The van der Waals surface area contributed by atoms with Gasteiger partial charge in [-0.05, 0) is 44.8 Å². The third-order valence-electron chi connectivity index (χ3n) is 3.90. The van der Waals surface area contributed by atoms with E-state index >= 15 is 0 Å². The topological polar surface area (TPSA) is 24.5 Å². The molecule has 0 atom stereocenters. The van der Waals surface area contributed by atoms with Gasteiger partial charge in [0, 0.05) is 13.1 Å². The van der Waals surface area contributed by atoms with E-state index < -0.39 is 0 Å². The summed E-state index contributed by atoms with van der Waals surface area (Å²) in [6.07, 6.45) is 7.05. The van der Waals surface area contributed by atoms with Gasteiger partial charge in [-0.1, -0.05) is 12.8 Å². The van der Waals surface area contributed by atoms with Crippen molar-refractivity contribution < 1.29 is 4.74 Å². The zero-order chi connectivity index (χ0) is 11.1. The number of morpholine rings is 1. The van der Waals surface area contributed by atoms with E-state index in [1.165, 1.54) is 51.7 Å². The highest BCUT2D eigenvalue weighted by atomic mass is 16.5. The summed E-state index contributed by atoms with van der Waals surface area (Å²) < 4.78 is 5.35. The minimum Gasteiger partial charge on any atom is -0.379 e. The first-order chi connectivity index (χ1) is 7.95. The lowest BCUT2D eigenvalue weighted by molar-refractivity contribution is 0.0369. The number of nitrogens with zero attached hydrogens (tertiary/aromatic N) is 1. The molecule has 0 saturated carbocycles. The van der Waals surface area contributed by atoms with Crippen molar-refractivity contribution in [3.8, 4) is 0 Å². The van der Waals surface area contributed by atoms with Crippen molar-refractivity contribution in [3.05, 3.63) is 0 Å². The van der Waals surface area contributed by atoms with Gasteiger partial charge in [-0.3, -0.25) is 4.90 Å². The van der Waals surface area contributed by atoms with Crippen molar-refractivity contribution in [2.45, 2.75) is 32.1 Å². The summed E-state index contributed by atoms with van der Waals surface area (Å²) in [6.45, 7) is 7.94. The van der Waals surface area contributed by atoms with Crippen molar-refractivity contribution in [1.29, 1.82) is 0 Å². The molecule has 94 valence electrons. The first kappa shape index (κ1) is 12.3. The van der Waals surface area contributed by atoms with Crippen LogP contribution in [0.25, 0.3) is 0 Å². The molecule has 3 nitrogen and oxygen atoms in total. The molecule has 2 saturated heterocycles. The van der Waals surface area contributed by atoms with Crippen molar-refractivity contribution in [3.63, 3.8) is 0 Å². The predicted molar refractivity (Wildman–Crippen MR) is 66.7 cm³/mol. The van der Waals surface area contributed by atoms with Gasteiger partial charge in [0.25, 0.3) is 0 Å². The monoisotopic (exact) mass is 226 g/mol. The molecule has 16 heavy (non-hydrogen) atoms. The minimum absolute atomic E-state index is 0.939. The molecule has 0 aromatic rings. The number of nitrogens with one attached hydrogen (secondary N) is 1. The lowest BCUT2D eigenvalue weighted by Crippen LogP contribution is -2.36. The Morgan fingerprint density at radius 2 is 1.81 bits per heavy atom. The summed E-state index contributed by atoms with van der Waals surface area (Å²) in [7, 11) is 0. The van der Waals surface area contributed by atoms with Gasteiger partial charge in [0.15, 0.2) is 0 Å². The van der Waals surface area contributed by atoms with Crippen LogP contribution in [0.1, 0.15) is 32.1 Å². The van der Waals surface area contributed by atoms with Gasteiger partial charge in [0.2, 0.25) is 0 Å². The number of unbranched alkanes of at least 4 members (excludes halogenated alkanes) is 1. The molecule has 0 radical (unpaired) electrons. The molecule has 0 aromatic carbocycles. The van der Waals surface area contributed by atoms with Gasteiger partial charge < -0.3 is 10.1 Å². The first-order valence-electron chi connectivity index (χ1n) is 6.96. The summed E-state index contributed by atoms with van der Waals surface area (Å²) in [5.41, 5.74) is 0. The fourth-order valence-electron chi connectivity index (χ4n) is 2.76. The van der Waals surface area contributed by atoms with Crippen LogP contribution < -0.4 is 5.32 Å². The highest BCUT2D eigenvalue weighted by molar-refractivity contribution is 4.69. The molecule has 2 aliphatic rings. The van der Waals surface area contributed by atoms with Crippen LogP contribution in [0.15, 0.2) is 0 Å². The molecule has 0 unspecified atom stereocenters. The zero-order valence-corrected chi connectivity index (χ0v) is 10.4. The van der Waals surface area contributed by atoms with E-state index in [2.05, 4.69) is 10.2 Å². The van der Waals surface area contributed by atoms with Crippen LogP contribution in [0.2, 0.25) is 0 Å². The zero-order valence-electron chi connectivity index (χ0n) is 10.4. The first-order valence-corrected chi connectivity index (χ1v) is 6.96. The number of piperidine rings is 1. The van der Waals surface area contributed by atoms with E-state index in [4.69, 9.17) is 4.74 Å². The van der Waals surface area contributed by atoms with Crippen LogP contribution >= 0.6 is 0 Å². The standard InChI is InChI=1S/C13H26N2O/c1(3-13-4-6-14-7-5-13)2-8-15-9-11-16-12-10-15/h13-14H,1-12H2. The number of ether oxygens (including phenoxy) is 1. The molecule has 0 amide bonds. The van der Waals surface area contributed by atoms with Crippen molar-refractivity contribution >= 4 is 0 Å². The number of hydrogen-bond acceptors (Lipinski definition) is 3. The van der Waals surface area contributed by atoms with E-state index in [-0.39, 0.29) is 0 Å². The lowest BCUT2D eigenvalue weighted by atomic mass is 9.92. The number of rotatable bonds is 5. The Labute approximate surface area is 99.5 Å². The SMILES string of the molecule is C(CCN1CCOCC1)CC1CCNCC1. The second-order valence-corrected chi connectivity index (χ2v) is 5.14. The van der Waals surface area contributed by atoms with E-state index in [9.17, 15) is 0 Å². The van der Waals surface area contributed by atoms with Crippen LogP contribution in [-0.2, 0) is 4.74 Å². The molecule has 3 heteroatoms. The summed E-state index contributed by atoms with van der Waals surface area (Å²) in [5, 5.41) is 3.43. The largest absolute Gasteiger partial charge is 0.379 e. The average molecular weight is 226 g/mol. The maximum Gasteiger partial charge on any atom is 0.0594 e. The van der Waals surface area contributed by atoms with Crippen molar-refractivity contribution in [2.24, 2.45) is 5.92 Å². The molecule has 0 spiro atoms. The summed E-state index contributed by atoms with van der Waals surface area (Å²) in [5.74, 6) is 1.01. The van der Waals surface area contributed by atoms with E-state index in [0.717, 1.165) is 32.2 Å². The Kier molecular flexibility index (Phi) is 5.59. The molecule has 0 aromatic heterocycles. The van der Waals surface area contributed by atoms with Crippen LogP contribution in [-0.4, -0.2) is 50.8 Å². The molecule has 0 aliphatic carbocycles. The van der Waals surface area contributed by atoms with Crippen LogP contribution in [0.5, 0.6) is 0 Å². The van der Waals surface area contributed by atoms with Crippen molar-refractivity contribution in [1.82, 2.24) is 10.2 Å². The lowest BCUT2D eigenvalue weighted by Gasteiger charge is -2.27. The van der Waals surface area contributed by atoms with Crippen LogP contribution in [0.3, 0.4) is 0 Å². The fraction of sp³-hybridized carbons (Fsp3) is 1.00. The van der Waals surface area contributed by atoms with Crippen LogP contribution in [0, 0.1) is 5.92 Å². The highest BCUT2D eigenvalue weighted by Crippen LogP contribution is 2.18. The Morgan fingerprint density at radius 1 is 1.06 bits per heavy atom. The highest BCUT2D eigenvalue weighted by Gasteiger charge is 2.13. The molecule has 2 fully saturated rings. The summed E-state index contributed by atoms with van der Waals surface area (Å²) in [4.78, 5) is 2.55. The maximum atomic E-state index is 5.35. The van der Waals surface area contributed by atoms with Gasteiger partial charge in [-0.15, -0.1) is 0 Å². The Hall–Kier alpha value is -0.120. The Morgan fingerprint density at radius 3 is 2.56 bits per heavy atom. The Balaban J connectivity index is 1.47. The quantitative estimate of drug-likeness (QED) is 0.719. The van der Waals surface area contributed by atoms with Gasteiger partial charge in [-0.25, -0.2) is 0 Å². The number of hydrogen-bond donors (Lipinski definition) is 1. The summed E-state index contributed by atoms with van der Waals surface area (Å²) in [6, 6.07) is 0. The van der Waals surface area contributed by atoms with E-state index in [0.29, 0.717) is 0 Å².